The van der Waals surface area contributed by atoms with Gasteiger partial charge in [-0.1, -0.05) is 57.0 Å². The van der Waals surface area contributed by atoms with Crippen molar-refractivity contribution >= 4 is 5.91 Å². The van der Waals surface area contributed by atoms with Crippen molar-refractivity contribution in [2.75, 3.05) is 0 Å². The van der Waals surface area contributed by atoms with E-state index in [2.05, 4.69) is 41.3 Å². The number of nitrogens with zero attached hydrogens (tertiary/aromatic N) is 2. The van der Waals surface area contributed by atoms with Crippen LogP contribution in [0, 0.1) is 5.92 Å². The van der Waals surface area contributed by atoms with Gasteiger partial charge in [0.15, 0.2) is 0 Å². The van der Waals surface area contributed by atoms with E-state index in [0.29, 0.717) is 11.6 Å². The quantitative estimate of drug-likeness (QED) is 0.809. The van der Waals surface area contributed by atoms with E-state index in [-0.39, 0.29) is 11.9 Å². The van der Waals surface area contributed by atoms with Crippen LogP contribution in [0.4, 0.5) is 0 Å². The molecule has 23 heavy (non-hydrogen) atoms. The van der Waals surface area contributed by atoms with Gasteiger partial charge in [-0.2, -0.15) is 0 Å². The van der Waals surface area contributed by atoms with Crippen molar-refractivity contribution in [1.82, 2.24) is 15.3 Å². The van der Waals surface area contributed by atoms with Crippen LogP contribution in [0.5, 0.6) is 0 Å². The monoisotopic (exact) mass is 311 g/mol. The first-order chi connectivity index (χ1) is 11.1. The Balaban J connectivity index is 1.99. The Kier molecular flexibility index (Phi) is 6.73. The van der Waals surface area contributed by atoms with Crippen LogP contribution >= 0.6 is 0 Å². The van der Waals surface area contributed by atoms with Crippen LogP contribution in [-0.4, -0.2) is 21.9 Å². The molecule has 4 heteroatoms. The molecule has 0 aliphatic carbocycles. The zero-order valence-electron chi connectivity index (χ0n) is 13.9. The van der Waals surface area contributed by atoms with Crippen molar-refractivity contribution in [3.63, 3.8) is 0 Å². The van der Waals surface area contributed by atoms with E-state index in [9.17, 15) is 4.79 Å². The smallest absolute Gasteiger partial charge is 0.271 e. The fourth-order valence-electron chi connectivity index (χ4n) is 2.57. The maximum atomic E-state index is 12.3. The van der Waals surface area contributed by atoms with Gasteiger partial charge < -0.3 is 5.32 Å². The highest BCUT2D eigenvalue weighted by molar-refractivity contribution is 5.92. The van der Waals surface area contributed by atoms with Crippen molar-refractivity contribution in [2.24, 2.45) is 5.92 Å². The van der Waals surface area contributed by atoms with Crippen molar-refractivity contribution in [3.05, 3.63) is 60.2 Å². The Morgan fingerprint density at radius 3 is 2.57 bits per heavy atom. The molecule has 1 aromatic carbocycles. The lowest BCUT2D eigenvalue weighted by molar-refractivity contribution is 0.0928. The molecule has 0 spiro atoms. The summed E-state index contributed by atoms with van der Waals surface area (Å²) >= 11 is 0. The lowest BCUT2D eigenvalue weighted by Crippen LogP contribution is -2.37. The number of amides is 1. The van der Waals surface area contributed by atoms with E-state index in [0.717, 1.165) is 19.3 Å². The van der Waals surface area contributed by atoms with Gasteiger partial charge in [0, 0.05) is 18.4 Å². The van der Waals surface area contributed by atoms with Crippen LogP contribution < -0.4 is 5.32 Å². The van der Waals surface area contributed by atoms with Gasteiger partial charge in [-0.25, -0.2) is 4.98 Å². The summed E-state index contributed by atoms with van der Waals surface area (Å²) in [5.41, 5.74) is 1.61. The molecule has 0 radical (unpaired) electrons. The van der Waals surface area contributed by atoms with Gasteiger partial charge in [-0.3, -0.25) is 9.78 Å². The van der Waals surface area contributed by atoms with Crippen LogP contribution in [0.15, 0.2) is 48.9 Å². The molecule has 0 unspecified atom stereocenters. The molecule has 1 amide bonds. The summed E-state index contributed by atoms with van der Waals surface area (Å²) in [4.78, 5) is 20.4. The lowest BCUT2D eigenvalue weighted by Gasteiger charge is -2.19. The van der Waals surface area contributed by atoms with Gasteiger partial charge in [-0.05, 0) is 24.3 Å². The predicted molar refractivity (Wildman–Crippen MR) is 92.1 cm³/mol. The number of carbonyl (C=O) groups is 1. The first kappa shape index (κ1) is 17.1. The highest BCUT2D eigenvalue weighted by Crippen LogP contribution is 2.13. The van der Waals surface area contributed by atoms with Gasteiger partial charge in [-0.15, -0.1) is 0 Å². The molecule has 2 rings (SSSR count). The zero-order chi connectivity index (χ0) is 16.5. The van der Waals surface area contributed by atoms with Crippen molar-refractivity contribution < 1.29 is 4.79 Å². The average molecular weight is 311 g/mol. The van der Waals surface area contributed by atoms with Crippen LogP contribution in [0.25, 0.3) is 0 Å². The third-order valence-electron chi connectivity index (χ3n) is 3.79. The Hall–Kier alpha value is -2.23. The molecular formula is C19H25N3O. The van der Waals surface area contributed by atoms with Gasteiger partial charge in [0.25, 0.3) is 5.91 Å². The van der Waals surface area contributed by atoms with E-state index in [1.807, 2.05) is 18.2 Å². The minimum Gasteiger partial charge on any atom is -0.348 e. The van der Waals surface area contributed by atoms with E-state index < -0.39 is 0 Å². The van der Waals surface area contributed by atoms with Gasteiger partial charge >= 0.3 is 0 Å². The van der Waals surface area contributed by atoms with Gasteiger partial charge in [0.05, 0.1) is 6.20 Å². The van der Waals surface area contributed by atoms with E-state index in [1.165, 1.54) is 18.2 Å². The van der Waals surface area contributed by atoms with Crippen LogP contribution in [0.1, 0.15) is 49.2 Å². The molecule has 4 nitrogen and oxygen atoms in total. The third kappa shape index (κ3) is 6.19. The predicted octanol–water partition coefficient (Wildman–Crippen LogP) is 3.64. The number of nitrogens with one attached hydrogen (secondary N) is 1. The Morgan fingerprint density at radius 2 is 1.91 bits per heavy atom. The molecule has 0 saturated carbocycles. The molecule has 0 bridgehead atoms. The van der Waals surface area contributed by atoms with Crippen LogP contribution in [0.2, 0.25) is 0 Å². The number of hydrogen-bond acceptors (Lipinski definition) is 3. The van der Waals surface area contributed by atoms with Crippen LogP contribution in [0.3, 0.4) is 0 Å². The molecule has 122 valence electrons. The molecule has 0 aliphatic rings. The van der Waals surface area contributed by atoms with Crippen molar-refractivity contribution in [2.45, 2.75) is 45.6 Å². The molecule has 2 aromatic rings. The standard InChI is InChI=1S/C19H25N3O/c1-15(2)7-6-10-17(13-16-8-4-3-5-9-16)22-19(23)18-14-20-11-12-21-18/h3-5,8-9,11-12,14-15,17H,6-7,10,13H2,1-2H3,(H,22,23)/t17-/m1/s1. The highest BCUT2D eigenvalue weighted by atomic mass is 16.1. The minimum atomic E-state index is -0.149. The Bertz CT molecular complexity index is 584. The summed E-state index contributed by atoms with van der Waals surface area (Å²) in [5, 5.41) is 3.11. The third-order valence-corrected chi connectivity index (χ3v) is 3.79. The minimum absolute atomic E-state index is 0.116. The van der Waals surface area contributed by atoms with Crippen molar-refractivity contribution in [3.8, 4) is 0 Å². The number of carbonyl (C=O) groups excluding carboxylic acids is 1. The number of benzene rings is 1. The molecule has 1 atom stereocenters. The second-order valence-electron chi connectivity index (χ2n) is 6.28. The fourth-order valence-corrected chi connectivity index (χ4v) is 2.57. The van der Waals surface area contributed by atoms with Gasteiger partial charge in [0.1, 0.15) is 5.69 Å². The molecular weight excluding hydrogens is 286 g/mol. The number of hydrogen-bond donors (Lipinski definition) is 1. The maximum Gasteiger partial charge on any atom is 0.271 e. The first-order valence-electron chi connectivity index (χ1n) is 8.26. The summed E-state index contributed by atoms with van der Waals surface area (Å²) in [6.07, 6.45) is 8.70. The molecule has 0 saturated heterocycles. The lowest BCUT2D eigenvalue weighted by atomic mass is 9.98. The second-order valence-corrected chi connectivity index (χ2v) is 6.28. The molecule has 1 heterocycles. The summed E-state index contributed by atoms with van der Waals surface area (Å²) < 4.78 is 0. The second kappa shape index (κ2) is 9.03. The maximum absolute atomic E-state index is 12.3. The first-order valence-corrected chi connectivity index (χ1v) is 8.26. The molecule has 1 N–H and O–H groups in total. The van der Waals surface area contributed by atoms with Crippen molar-refractivity contribution in [1.29, 1.82) is 0 Å². The summed E-state index contributed by atoms with van der Waals surface area (Å²) in [6.45, 7) is 4.45. The number of rotatable bonds is 8. The van der Waals surface area contributed by atoms with E-state index in [1.54, 1.807) is 12.4 Å². The highest BCUT2D eigenvalue weighted by Gasteiger charge is 2.15. The van der Waals surface area contributed by atoms with E-state index in [4.69, 9.17) is 0 Å². The molecule has 1 aromatic heterocycles. The normalized spacial score (nSPS) is 12.1. The number of aromatic nitrogens is 2. The van der Waals surface area contributed by atoms with Crippen LogP contribution in [-0.2, 0) is 6.42 Å². The molecule has 0 aliphatic heterocycles. The average Bonchev–Trinajstić information content (AvgIpc) is 2.56. The largest absolute Gasteiger partial charge is 0.348 e. The summed E-state index contributed by atoms with van der Waals surface area (Å²) in [7, 11) is 0. The Morgan fingerprint density at radius 1 is 1.13 bits per heavy atom. The summed E-state index contributed by atoms with van der Waals surface area (Å²) in [5.74, 6) is 0.534. The fraction of sp³-hybridized carbons (Fsp3) is 0.421. The molecule has 0 fully saturated rings. The van der Waals surface area contributed by atoms with Gasteiger partial charge in [0.2, 0.25) is 0 Å². The Labute approximate surface area is 138 Å². The topological polar surface area (TPSA) is 54.9 Å². The van der Waals surface area contributed by atoms with E-state index >= 15 is 0 Å². The SMILES string of the molecule is CC(C)CCC[C@H](Cc1ccccc1)NC(=O)c1cnccn1. The zero-order valence-corrected chi connectivity index (χ0v) is 13.9. The summed E-state index contributed by atoms with van der Waals surface area (Å²) in [6, 6.07) is 10.4.